The molecule has 0 spiro atoms. The van der Waals surface area contributed by atoms with Crippen LogP contribution in [0.25, 0.3) is 0 Å². The van der Waals surface area contributed by atoms with Gasteiger partial charge in [0.2, 0.25) is 29.5 Å². The normalized spacial score (nSPS) is 17.1. The average molecular weight is 582 g/mol. The van der Waals surface area contributed by atoms with Gasteiger partial charge in [-0.05, 0) is 58.9 Å². The monoisotopic (exact) mass is 581 g/mol. The predicted octanol–water partition coefficient (Wildman–Crippen LogP) is 0.863. The summed E-state index contributed by atoms with van der Waals surface area (Å²) in [4.78, 5) is 63.8. The lowest BCUT2D eigenvalue weighted by Crippen LogP contribution is -2.57. The van der Waals surface area contributed by atoms with Crippen molar-refractivity contribution in [3.8, 4) is 0 Å². The van der Waals surface area contributed by atoms with Crippen molar-refractivity contribution in [2.24, 2.45) is 11.5 Å². The third kappa shape index (κ3) is 15.2. The van der Waals surface area contributed by atoms with Crippen LogP contribution in [0.1, 0.15) is 111 Å². The zero-order valence-corrected chi connectivity index (χ0v) is 25.4. The van der Waals surface area contributed by atoms with Crippen LogP contribution in [0.4, 0.5) is 0 Å². The summed E-state index contributed by atoms with van der Waals surface area (Å²) >= 11 is 0. The Kier molecular flexibility index (Phi) is 18.6. The zero-order chi connectivity index (χ0) is 30.6. The van der Waals surface area contributed by atoms with Gasteiger partial charge in [0.05, 0.1) is 0 Å². The van der Waals surface area contributed by atoms with Crippen molar-refractivity contribution in [1.82, 2.24) is 26.6 Å². The molecular formula is C29H55N7O5. The highest BCUT2D eigenvalue weighted by Crippen LogP contribution is 2.17. The molecule has 0 heterocycles. The highest BCUT2D eigenvalue weighted by molar-refractivity contribution is 5.95. The molecule has 1 aliphatic rings. The number of hydrogen-bond acceptors (Lipinski definition) is 7. The lowest BCUT2D eigenvalue weighted by atomic mass is 9.96. The Labute approximate surface area is 245 Å². The van der Waals surface area contributed by atoms with E-state index in [-0.39, 0.29) is 30.8 Å². The minimum Gasteiger partial charge on any atom is -0.352 e. The Morgan fingerprint density at radius 2 is 1.20 bits per heavy atom. The number of nitrogens with two attached hydrogens (primary N) is 2. The molecule has 0 radical (unpaired) electrons. The molecule has 41 heavy (non-hydrogen) atoms. The van der Waals surface area contributed by atoms with E-state index in [9.17, 15) is 24.0 Å². The van der Waals surface area contributed by atoms with Gasteiger partial charge in [0.1, 0.15) is 24.2 Å². The Morgan fingerprint density at radius 3 is 1.80 bits per heavy atom. The average Bonchev–Trinajstić information content (AvgIpc) is 2.91. The van der Waals surface area contributed by atoms with E-state index in [4.69, 9.17) is 11.5 Å². The Hall–Kier alpha value is -2.73. The van der Waals surface area contributed by atoms with Crippen molar-refractivity contribution in [3.05, 3.63) is 0 Å². The molecule has 1 rings (SSSR count). The number of carbonyl (C=O) groups excluding carboxylic acids is 5. The second kappa shape index (κ2) is 21.0. The first-order valence-electron chi connectivity index (χ1n) is 15.5. The summed E-state index contributed by atoms with van der Waals surface area (Å²) in [6.07, 6.45) is 11.5. The smallest absolute Gasteiger partial charge is 0.243 e. The van der Waals surface area contributed by atoms with Crippen molar-refractivity contribution in [2.75, 3.05) is 13.1 Å². The summed E-state index contributed by atoms with van der Waals surface area (Å²) in [7, 11) is 0. The highest BCUT2D eigenvalue weighted by atomic mass is 16.2. The van der Waals surface area contributed by atoms with Gasteiger partial charge in [-0.15, -0.1) is 0 Å². The Morgan fingerprint density at radius 1 is 0.659 bits per heavy atom. The minimum atomic E-state index is -0.959. The molecule has 0 unspecified atom stereocenters. The van der Waals surface area contributed by atoms with E-state index in [1.54, 1.807) is 0 Å². The topological polar surface area (TPSA) is 198 Å². The van der Waals surface area contributed by atoms with Crippen LogP contribution in [0.3, 0.4) is 0 Å². The molecular weight excluding hydrogens is 526 g/mol. The Bertz CT molecular complexity index is 817. The van der Waals surface area contributed by atoms with Crippen LogP contribution in [0, 0.1) is 0 Å². The van der Waals surface area contributed by atoms with E-state index in [2.05, 4.69) is 26.6 Å². The van der Waals surface area contributed by atoms with E-state index in [0.717, 1.165) is 38.5 Å². The van der Waals surface area contributed by atoms with Gasteiger partial charge in [-0.2, -0.15) is 0 Å². The molecule has 12 nitrogen and oxygen atoms in total. The van der Waals surface area contributed by atoms with Gasteiger partial charge in [0.15, 0.2) is 0 Å². The SMILES string of the molecule is CCCC[C@H](NC(=O)[C@H](CCCCN)NC(=O)[C@H](C)NC(=O)[C@H](C)NC(=O)CCN)C(=O)NC1CCCCCCC1. The molecule has 0 aromatic heterocycles. The largest absolute Gasteiger partial charge is 0.352 e. The summed E-state index contributed by atoms with van der Waals surface area (Å²) in [5.41, 5.74) is 11.0. The first-order valence-corrected chi connectivity index (χ1v) is 15.5. The van der Waals surface area contributed by atoms with Crippen molar-refractivity contribution < 1.29 is 24.0 Å². The summed E-state index contributed by atoms with van der Waals surface area (Å²) < 4.78 is 0. The van der Waals surface area contributed by atoms with Gasteiger partial charge >= 0.3 is 0 Å². The van der Waals surface area contributed by atoms with Crippen LogP contribution >= 0.6 is 0 Å². The lowest BCUT2D eigenvalue weighted by molar-refractivity contribution is -0.134. The number of carbonyl (C=O) groups is 5. The first-order chi connectivity index (χ1) is 19.6. The second-order valence-electron chi connectivity index (χ2n) is 11.2. The fourth-order valence-corrected chi connectivity index (χ4v) is 4.82. The number of rotatable bonds is 18. The molecule has 9 N–H and O–H groups in total. The van der Waals surface area contributed by atoms with Gasteiger partial charge in [-0.25, -0.2) is 0 Å². The maximum Gasteiger partial charge on any atom is 0.243 e. The molecule has 5 amide bonds. The highest BCUT2D eigenvalue weighted by Gasteiger charge is 2.29. The Balaban J connectivity index is 2.85. The van der Waals surface area contributed by atoms with Gasteiger partial charge in [0.25, 0.3) is 0 Å². The van der Waals surface area contributed by atoms with E-state index in [0.29, 0.717) is 32.2 Å². The number of amides is 5. The standard InChI is InChI=1S/C29H55N7O5/c1-4-5-15-23(28(40)34-22-13-9-7-6-8-10-14-22)36-29(41)24(16-11-12-18-30)35-27(39)21(3)33-26(38)20(2)32-25(37)17-19-31/h20-24H,4-19,30-31H2,1-3H3,(H,32,37)(H,33,38)(H,34,40)(H,35,39)(H,36,41)/t20-,21-,23-,24-/m0/s1. The molecule has 12 heteroatoms. The van der Waals surface area contributed by atoms with Gasteiger partial charge in [0, 0.05) is 19.0 Å². The molecule has 0 bridgehead atoms. The van der Waals surface area contributed by atoms with E-state index >= 15 is 0 Å². The van der Waals surface area contributed by atoms with E-state index < -0.39 is 41.9 Å². The minimum absolute atomic E-state index is 0.0885. The fraction of sp³-hybridized carbons (Fsp3) is 0.828. The van der Waals surface area contributed by atoms with Gasteiger partial charge in [-0.1, -0.05) is 51.9 Å². The molecule has 0 aromatic rings. The summed E-state index contributed by atoms with van der Waals surface area (Å²) in [5.74, 6) is -2.07. The lowest BCUT2D eigenvalue weighted by Gasteiger charge is -2.27. The molecule has 1 fully saturated rings. The summed E-state index contributed by atoms with van der Waals surface area (Å²) in [5, 5.41) is 13.9. The van der Waals surface area contributed by atoms with Crippen LogP contribution in [0.2, 0.25) is 0 Å². The van der Waals surface area contributed by atoms with Crippen LogP contribution in [0.15, 0.2) is 0 Å². The molecule has 0 saturated heterocycles. The maximum atomic E-state index is 13.4. The van der Waals surface area contributed by atoms with Crippen molar-refractivity contribution in [1.29, 1.82) is 0 Å². The number of hydrogen-bond donors (Lipinski definition) is 7. The maximum absolute atomic E-state index is 13.4. The van der Waals surface area contributed by atoms with Crippen LogP contribution in [0.5, 0.6) is 0 Å². The third-order valence-corrected chi connectivity index (χ3v) is 7.41. The third-order valence-electron chi connectivity index (χ3n) is 7.41. The van der Waals surface area contributed by atoms with Crippen LogP contribution in [-0.4, -0.2) is 72.8 Å². The van der Waals surface area contributed by atoms with Crippen LogP contribution in [-0.2, 0) is 24.0 Å². The predicted molar refractivity (Wildman–Crippen MR) is 159 cm³/mol. The van der Waals surface area contributed by atoms with E-state index in [1.165, 1.54) is 33.1 Å². The second-order valence-corrected chi connectivity index (χ2v) is 11.2. The molecule has 1 aliphatic carbocycles. The summed E-state index contributed by atoms with van der Waals surface area (Å²) in [6, 6.07) is -3.30. The summed E-state index contributed by atoms with van der Waals surface area (Å²) in [6.45, 7) is 5.65. The van der Waals surface area contributed by atoms with Gasteiger partial charge in [-0.3, -0.25) is 24.0 Å². The first kappa shape index (κ1) is 36.3. The number of unbranched alkanes of at least 4 members (excludes halogenated alkanes) is 2. The quantitative estimate of drug-likeness (QED) is 0.116. The fourth-order valence-electron chi connectivity index (χ4n) is 4.82. The van der Waals surface area contributed by atoms with Crippen molar-refractivity contribution in [2.45, 2.75) is 141 Å². The molecule has 0 aliphatic heterocycles. The zero-order valence-electron chi connectivity index (χ0n) is 25.4. The molecule has 1 saturated carbocycles. The van der Waals surface area contributed by atoms with Crippen LogP contribution < -0.4 is 38.1 Å². The number of nitrogens with one attached hydrogen (secondary N) is 5. The molecule has 236 valence electrons. The molecule has 0 aromatic carbocycles. The van der Waals surface area contributed by atoms with Crippen molar-refractivity contribution in [3.63, 3.8) is 0 Å². The van der Waals surface area contributed by atoms with Gasteiger partial charge < -0.3 is 38.1 Å². The van der Waals surface area contributed by atoms with E-state index in [1.807, 2.05) is 6.92 Å². The molecule has 4 atom stereocenters. The van der Waals surface area contributed by atoms with Crippen molar-refractivity contribution >= 4 is 29.5 Å².